The van der Waals surface area contributed by atoms with Gasteiger partial charge >= 0.3 is 5.69 Å². The smallest absolute Gasteiger partial charge is 0.282 e. The van der Waals surface area contributed by atoms with Crippen molar-refractivity contribution in [1.29, 1.82) is 0 Å². The summed E-state index contributed by atoms with van der Waals surface area (Å²) >= 11 is 0. The van der Waals surface area contributed by atoms with Gasteiger partial charge in [0.05, 0.1) is 11.2 Å². The van der Waals surface area contributed by atoms with E-state index in [1.54, 1.807) is 13.0 Å². The van der Waals surface area contributed by atoms with Gasteiger partial charge < -0.3 is 0 Å². The van der Waals surface area contributed by atoms with E-state index in [9.17, 15) is 22.6 Å². The zero-order chi connectivity index (χ0) is 18.7. The molecule has 0 bridgehead atoms. The maximum Gasteiger partial charge on any atom is 0.340 e. The van der Waals surface area contributed by atoms with Crippen molar-refractivity contribution < 1.29 is 17.8 Å². The van der Waals surface area contributed by atoms with Crippen LogP contribution >= 0.6 is 0 Å². The number of nitrogens with zero attached hydrogens (tertiary/aromatic N) is 2. The van der Waals surface area contributed by atoms with Gasteiger partial charge in [-0.05, 0) is 50.8 Å². The summed E-state index contributed by atoms with van der Waals surface area (Å²) in [6.07, 6.45) is 2.39. The van der Waals surface area contributed by atoms with Gasteiger partial charge in [0.15, 0.2) is 0 Å². The molecule has 1 aliphatic heterocycles. The Labute approximate surface area is 145 Å². The minimum atomic E-state index is -4.47. The van der Waals surface area contributed by atoms with Crippen LogP contribution < -0.4 is 5.69 Å². The molecule has 0 fully saturated rings. The molecular formula is C17H20N2O5S. The first kappa shape index (κ1) is 17.6. The number of carbonyl (C=O) groups is 1. The number of unbranched alkanes of at least 4 members (excludes halogenated alkanes) is 1. The summed E-state index contributed by atoms with van der Waals surface area (Å²) < 4.78 is 35.1. The van der Waals surface area contributed by atoms with Crippen LogP contribution in [-0.4, -0.2) is 27.8 Å². The van der Waals surface area contributed by atoms with E-state index in [4.69, 9.17) is 0 Å². The number of allylic oxidation sites excluding steroid dienone is 2. The zero-order valence-electron chi connectivity index (χ0n) is 14.6. The number of carbonyl (C=O) groups excluding carboxylic acids is 1. The van der Waals surface area contributed by atoms with Gasteiger partial charge in [0.25, 0.3) is 16.0 Å². The molecule has 0 amide bonds. The van der Waals surface area contributed by atoms with Gasteiger partial charge in [0, 0.05) is 11.3 Å². The SMILES string of the molecule is CCCCC1=C(C)c2cc3c(C)c(S(=O)(=O)O)c(C)n3c(=O)n2C1=O. The van der Waals surface area contributed by atoms with E-state index >= 15 is 0 Å². The molecule has 3 rings (SSSR count). The lowest BCUT2D eigenvalue weighted by molar-refractivity contribution is 0.0951. The molecule has 25 heavy (non-hydrogen) atoms. The highest BCUT2D eigenvalue weighted by Gasteiger charge is 2.31. The molecule has 3 heterocycles. The number of hydrogen-bond donors (Lipinski definition) is 1. The fourth-order valence-electron chi connectivity index (χ4n) is 3.60. The van der Waals surface area contributed by atoms with E-state index in [1.165, 1.54) is 18.2 Å². The third kappa shape index (κ3) is 2.39. The first-order chi connectivity index (χ1) is 11.6. The number of aromatic nitrogens is 2. The van der Waals surface area contributed by atoms with E-state index in [-0.39, 0.29) is 16.5 Å². The van der Waals surface area contributed by atoms with Crippen molar-refractivity contribution in [2.75, 3.05) is 0 Å². The summed E-state index contributed by atoms with van der Waals surface area (Å²) in [6, 6.07) is 1.64. The lowest BCUT2D eigenvalue weighted by Gasteiger charge is -2.06. The predicted octanol–water partition coefficient (Wildman–Crippen LogP) is 2.58. The molecular weight excluding hydrogens is 344 g/mol. The Balaban J connectivity index is 2.38. The number of rotatable bonds is 4. The van der Waals surface area contributed by atoms with E-state index in [2.05, 4.69) is 0 Å². The van der Waals surface area contributed by atoms with Crippen LogP contribution in [0.25, 0.3) is 11.1 Å². The van der Waals surface area contributed by atoms with Crippen LogP contribution in [0.15, 0.2) is 21.3 Å². The summed E-state index contributed by atoms with van der Waals surface area (Å²) in [6.45, 7) is 6.81. The second-order valence-electron chi connectivity index (χ2n) is 6.40. The molecule has 2 aromatic heterocycles. The molecule has 0 saturated carbocycles. The van der Waals surface area contributed by atoms with Gasteiger partial charge in [-0.25, -0.2) is 9.36 Å². The maximum absolute atomic E-state index is 12.9. The van der Waals surface area contributed by atoms with Gasteiger partial charge in [0.2, 0.25) is 0 Å². The highest BCUT2D eigenvalue weighted by Crippen LogP contribution is 2.32. The van der Waals surface area contributed by atoms with Crippen LogP contribution in [0.5, 0.6) is 0 Å². The minimum Gasteiger partial charge on any atom is -0.282 e. The van der Waals surface area contributed by atoms with Crippen LogP contribution in [0.2, 0.25) is 0 Å². The van der Waals surface area contributed by atoms with Crippen LogP contribution in [0.1, 0.15) is 54.9 Å². The monoisotopic (exact) mass is 364 g/mol. The highest BCUT2D eigenvalue weighted by atomic mass is 32.2. The van der Waals surface area contributed by atoms with Crippen molar-refractivity contribution in [3.05, 3.63) is 39.1 Å². The van der Waals surface area contributed by atoms with E-state index in [0.29, 0.717) is 28.8 Å². The number of aryl methyl sites for hydroxylation is 2. The van der Waals surface area contributed by atoms with Gasteiger partial charge in [-0.2, -0.15) is 8.42 Å². The van der Waals surface area contributed by atoms with Gasteiger partial charge in [0.1, 0.15) is 4.90 Å². The Morgan fingerprint density at radius 1 is 1.16 bits per heavy atom. The van der Waals surface area contributed by atoms with Crippen LogP contribution in [0.4, 0.5) is 0 Å². The highest BCUT2D eigenvalue weighted by molar-refractivity contribution is 7.86. The quantitative estimate of drug-likeness (QED) is 0.841. The summed E-state index contributed by atoms with van der Waals surface area (Å²) in [5.74, 6) is -0.355. The average Bonchev–Trinajstić information content (AvgIpc) is 2.90. The van der Waals surface area contributed by atoms with Crippen LogP contribution in [-0.2, 0) is 10.1 Å². The molecule has 7 nitrogen and oxygen atoms in total. The molecule has 0 aliphatic carbocycles. The minimum absolute atomic E-state index is 0.0998. The lowest BCUT2D eigenvalue weighted by Crippen LogP contribution is -2.31. The van der Waals surface area contributed by atoms with Crippen molar-refractivity contribution in [2.45, 2.75) is 51.9 Å². The lowest BCUT2D eigenvalue weighted by atomic mass is 10.0. The van der Waals surface area contributed by atoms with Crippen LogP contribution in [0.3, 0.4) is 0 Å². The van der Waals surface area contributed by atoms with Crippen molar-refractivity contribution in [3.8, 4) is 0 Å². The Bertz CT molecular complexity index is 1120. The van der Waals surface area contributed by atoms with E-state index in [1.807, 2.05) is 6.92 Å². The van der Waals surface area contributed by atoms with Crippen molar-refractivity contribution in [2.24, 2.45) is 0 Å². The Hall–Kier alpha value is -2.19. The first-order valence-electron chi connectivity index (χ1n) is 8.11. The number of hydrogen-bond acceptors (Lipinski definition) is 4. The largest absolute Gasteiger partial charge is 0.340 e. The fraction of sp³-hybridized carbons (Fsp3) is 0.412. The Morgan fingerprint density at radius 2 is 1.80 bits per heavy atom. The summed E-state index contributed by atoms with van der Waals surface area (Å²) in [7, 11) is -4.47. The number of fused-ring (bicyclic) bond motifs is 2. The third-order valence-electron chi connectivity index (χ3n) is 4.86. The summed E-state index contributed by atoms with van der Waals surface area (Å²) in [4.78, 5) is 25.3. The maximum atomic E-state index is 12.9. The molecule has 0 atom stereocenters. The van der Waals surface area contributed by atoms with Crippen molar-refractivity contribution in [1.82, 2.24) is 8.97 Å². The molecule has 1 aliphatic rings. The van der Waals surface area contributed by atoms with Gasteiger partial charge in [-0.1, -0.05) is 13.3 Å². The fourth-order valence-corrected chi connectivity index (χ4v) is 4.56. The molecule has 1 N–H and O–H groups in total. The second-order valence-corrected chi connectivity index (χ2v) is 7.75. The van der Waals surface area contributed by atoms with Gasteiger partial charge in [-0.3, -0.25) is 13.7 Å². The molecule has 0 aromatic carbocycles. The van der Waals surface area contributed by atoms with Crippen LogP contribution in [0, 0.1) is 13.8 Å². The molecule has 0 spiro atoms. The first-order valence-corrected chi connectivity index (χ1v) is 9.55. The van der Waals surface area contributed by atoms with Gasteiger partial charge in [-0.15, -0.1) is 0 Å². The predicted molar refractivity (Wildman–Crippen MR) is 93.7 cm³/mol. The van der Waals surface area contributed by atoms with E-state index in [0.717, 1.165) is 23.0 Å². The summed E-state index contributed by atoms with van der Waals surface area (Å²) in [5, 5.41) is 0. The Morgan fingerprint density at radius 3 is 2.36 bits per heavy atom. The normalized spacial score (nSPS) is 14.7. The second kappa shape index (κ2) is 5.67. The molecule has 8 heteroatoms. The standard InChI is InChI=1S/C17H20N2O5S/c1-5-6-7-12-9(2)13-8-14-10(3)15(25(22,23)24)11(4)18(14)17(21)19(13)16(12)20/h8H,5-7H2,1-4H3,(H,22,23,24). The third-order valence-corrected chi connectivity index (χ3v) is 5.98. The molecule has 2 aromatic rings. The summed E-state index contributed by atoms with van der Waals surface area (Å²) in [5.41, 5.74) is 2.01. The topological polar surface area (TPSA) is 97.8 Å². The zero-order valence-corrected chi connectivity index (χ0v) is 15.4. The van der Waals surface area contributed by atoms with Crippen molar-refractivity contribution >= 4 is 27.1 Å². The molecule has 0 radical (unpaired) electrons. The van der Waals surface area contributed by atoms with E-state index < -0.39 is 15.8 Å². The molecule has 0 saturated heterocycles. The van der Waals surface area contributed by atoms with Crippen molar-refractivity contribution in [3.63, 3.8) is 0 Å². The Kier molecular flexibility index (Phi) is 4.00. The molecule has 0 unspecified atom stereocenters. The molecule has 134 valence electrons. The average molecular weight is 364 g/mol.